The molecular formula is C16H16O2. The van der Waals surface area contributed by atoms with Gasteiger partial charge in [-0.3, -0.25) is 0 Å². The van der Waals surface area contributed by atoms with Gasteiger partial charge in [-0.15, -0.1) is 0 Å². The summed E-state index contributed by atoms with van der Waals surface area (Å²) >= 11 is 0. The maximum absolute atomic E-state index is 11.5. The van der Waals surface area contributed by atoms with Gasteiger partial charge in [0.1, 0.15) is 0 Å². The van der Waals surface area contributed by atoms with Gasteiger partial charge in [0.2, 0.25) is 0 Å². The highest BCUT2D eigenvalue weighted by Gasteiger charge is 2.07. The number of carbonyl (C=O) groups excluding carboxylic acids is 1. The Morgan fingerprint density at radius 3 is 2.22 bits per heavy atom. The molecule has 0 spiro atoms. The lowest BCUT2D eigenvalue weighted by molar-refractivity contribution is 0.0601. The first-order chi connectivity index (χ1) is 8.60. The van der Waals surface area contributed by atoms with Crippen molar-refractivity contribution in [3.63, 3.8) is 0 Å². The lowest BCUT2D eigenvalue weighted by atomic mass is 9.99. The van der Waals surface area contributed by atoms with Gasteiger partial charge in [-0.1, -0.05) is 41.5 Å². The van der Waals surface area contributed by atoms with Crippen molar-refractivity contribution in [2.45, 2.75) is 13.8 Å². The molecule has 2 heteroatoms. The molecular weight excluding hydrogens is 224 g/mol. The molecule has 2 rings (SSSR count). The van der Waals surface area contributed by atoms with Crippen LogP contribution in [0.2, 0.25) is 0 Å². The zero-order valence-electron chi connectivity index (χ0n) is 10.9. The zero-order chi connectivity index (χ0) is 13.1. The fourth-order valence-corrected chi connectivity index (χ4v) is 2.08. The minimum atomic E-state index is -0.304. The van der Waals surface area contributed by atoms with E-state index in [1.807, 2.05) is 18.2 Å². The number of hydrogen-bond acceptors (Lipinski definition) is 2. The number of aryl methyl sites for hydroxylation is 2. The molecule has 0 atom stereocenters. The minimum Gasteiger partial charge on any atom is -0.465 e. The van der Waals surface area contributed by atoms with E-state index >= 15 is 0 Å². The summed E-state index contributed by atoms with van der Waals surface area (Å²) in [6.07, 6.45) is 0. The Bertz CT molecular complexity index is 565. The van der Waals surface area contributed by atoms with Gasteiger partial charge in [0.25, 0.3) is 0 Å². The van der Waals surface area contributed by atoms with E-state index in [-0.39, 0.29) is 5.97 Å². The van der Waals surface area contributed by atoms with Crippen molar-refractivity contribution in [2.75, 3.05) is 7.11 Å². The smallest absolute Gasteiger partial charge is 0.337 e. The van der Waals surface area contributed by atoms with Gasteiger partial charge >= 0.3 is 5.97 Å². The predicted octanol–water partition coefficient (Wildman–Crippen LogP) is 3.76. The topological polar surface area (TPSA) is 26.3 Å². The van der Waals surface area contributed by atoms with E-state index in [1.54, 1.807) is 6.07 Å². The molecule has 0 unspecified atom stereocenters. The minimum absolute atomic E-state index is 0.304. The van der Waals surface area contributed by atoms with Crippen LogP contribution in [0.15, 0.2) is 42.5 Å². The van der Waals surface area contributed by atoms with Crippen molar-refractivity contribution in [2.24, 2.45) is 0 Å². The second-order valence-corrected chi connectivity index (χ2v) is 4.45. The number of carbonyl (C=O) groups is 1. The summed E-state index contributed by atoms with van der Waals surface area (Å²) in [5, 5.41) is 0. The fraction of sp³-hybridized carbons (Fsp3) is 0.188. The SMILES string of the molecule is COC(=O)c1cccc(-c2cc(C)cc(C)c2)c1. The maximum Gasteiger partial charge on any atom is 0.337 e. The molecule has 0 N–H and O–H groups in total. The second kappa shape index (κ2) is 5.05. The molecule has 0 aliphatic carbocycles. The highest BCUT2D eigenvalue weighted by atomic mass is 16.5. The number of rotatable bonds is 2. The summed E-state index contributed by atoms with van der Waals surface area (Å²) in [6.45, 7) is 4.14. The molecule has 0 saturated heterocycles. The normalized spacial score (nSPS) is 10.2. The van der Waals surface area contributed by atoms with Crippen LogP contribution >= 0.6 is 0 Å². The summed E-state index contributed by atoms with van der Waals surface area (Å²) < 4.78 is 4.74. The van der Waals surface area contributed by atoms with E-state index in [0.29, 0.717) is 5.56 Å². The molecule has 0 bridgehead atoms. The van der Waals surface area contributed by atoms with Gasteiger partial charge in [0.15, 0.2) is 0 Å². The third-order valence-corrected chi connectivity index (χ3v) is 2.84. The van der Waals surface area contributed by atoms with Crippen molar-refractivity contribution in [1.82, 2.24) is 0 Å². The number of ether oxygens (including phenoxy) is 1. The lowest BCUT2D eigenvalue weighted by Gasteiger charge is -2.07. The second-order valence-electron chi connectivity index (χ2n) is 4.45. The van der Waals surface area contributed by atoms with Crippen molar-refractivity contribution < 1.29 is 9.53 Å². The average Bonchev–Trinajstić information content (AvgIpc) is 2.37. The number of methoxy groups -OCH3 is 1. The Kier molecular flexibility index (Phi) is 3.47. The van der Waals surface area contributed by atoms with E-state index < -0.39 is 0 Å². The highest BCUT2D eigenvalue weighted by Crippen LogP contribution is 2.23. The van der Waals surface area contributed by atoms with E-state index in [1.165, 1.54) is 18.2 Å². The molecule has 0 fully saturated rings. The monoisotopic (exact) mass is 240 g/mol. The Morgan fingerprint density at radius 1 is 0.944 bits per heavy atom. The van der Waals surface area contributed by atoms with Crippen LogP contribution in [0.4, 0.5) is 0 Å². The van der Waals surface area contributed by atoms with Crippen LogP contribution in [-0.4, -0.2) is 13.1 Å². The molecule has 0 amide bonds. The summed E-state index contributed by atoms with van der Waals surface area (Å²) in [6, 6.07) is 13.9. The van der Waals surface area contributed by atoms with Crippen molar-refractivity contribution in [1.29, 1.82) is 0 Å². The number of esters is 1. The lowest BCUT2D eigenvalue weighted by Crippen LogP contribution is -2.00. The van der Waals surface area contributed by atoms with Gasteiger partial charge in [0, 0.05) is 0 Å². The molecule has 0 radical (unpaired) electrons. The first-order valence-electron chi connectivity index (χ1n) is 5.87. The average molecular weight is 240 g/mol. The summed E-state index contributed by atoms with van der Waals surface area (Å²) in [5.41, 5.74) is 5.17. The Labute approximate surface area is 107 Å². The molecule has 2 aromatic rings. The molecule has 0 aliphatic heterocycles. The molecule has 0 aromatic heterocycles. The van der Waals surface area contributed by atoms with Gasteiger partial charge < -0.3 is 4.74 Å². The number of benzene rings is 2. The van der Waals surface area contributed by atoms with Gasteiger partial charge in [-0.25, -0.2) is 4.79 Å². The van der Waals surface area contributed by atoms with Gasteiger partial charge in [-0.05, 0) is 37.1 Å². The summed E-state index contributed by atoms with van der Waals surface area (Å²) in [5.74, 6) is -0.304. The molecule has 2 aromatic carbocycles. The third-order valence-electron chi connectivity index (χ3n) is 2.84. The van der Waals surface area contributed by atoms with Gasteiger partial charge in [0.05, 0.1) is 12.7 Å². The quantitative estimate of drug-likeness (QED) is 0.747. The highest BCUT2D eigenvalue weighted by molar-refractivity contribution is 5.91. The Balaban J connectivity index is 2.47. The van der Waals surface area contributed by atoms with E-state index in [9.17, 15) is 4.79 Å². The van der Waals surface area contributed by atoms with Crippen molar-refractivity contribution in [3.8, 4) is 11.1 Å². The molecule has 0 aliphatic rings. The van der Waals surface area contributed by atoms with E-state index in [2.05, 4.69) is 32.0 Å². The molecule has 18 heavy (non-hydrogen) atoms. The maximum atomic E-state index is 11.5. The predicted molar refractivity (Wildman–Crippen MR) is 72.7 cm³/mol. The summed E-state index contributed by atoms with van der Waals surface area (Å²) in [4.78, 5) is 11.5. The van der Waals surface area contributed by atoms with E-state index in [4.69, 9.17) is 4.74 Å². The first kappa shape index (κ1) is 12.4. The zero-order valence-corrected chi connectivity index (χ0v) is 10.9. The molecule has 2 nitrogen and oxygen atoms in total. The molecule has 0 heterocycles. The fourth-order valence-electron chi connectivity index (χ4n) is 2.08. The molecule has 92 valence electrons. The Morgan fingerprint density at radius 2 is 1.61 bits per heavy atom. The Hall–Kier alpha value is -2.09. The van der Waals surface area contributed by atoms with E-state index in [0.717, 1.165) is 11.1 Å². The van der Waals surface area contributed by atoms with Crippen LogP contribution in [0.1, 0.15) is 21.5 Å². The number of hydrogen-bond donors (Lipinski definition) is 0. The third kappa shape index (κ3) is 2.59. The van der Waals surface area contributed by atoms with Crippen LogP contribution in [0, 0.1) is 13.8 Å². The summed E-state index contributed by atoms with van der Waals surface area (Å²) in [7, 11) is 1.39. The van der Waals surface area contributed by atoms with Crippen LogP contribution in [0.3, 0.4) is 0 Å². The van der Waals surface area contributed by atoms with Crippen LogP contribution < -0.4 is 0 Å². The van der Waals surface area contributed by atoms with Crippen LogP contribution in [0.25, 0.3) is 11.1 Å². The first-order valence-corrected chi connectivity index (χ1v) is 5.87. The van der Waals surface area contributed by atoms with Crippen LogP contribution in [0.5, 0.6) is 0 Å². The standard InChI is InChI=1S/C16H16O2/c1-11-7-12(2)9-15(8-11)13-5-4-6-14(10-13)16(17)18-3/h4-10H,1-3H3. The van der Waals surface area contributed by atoms with Crippen molar-refractivity contribution >= 4 is 5.97 Å². The van der Waals surface area contributed by atoms with Crippen LogP contribution in [-0.2, 0) is 4.74 Å². The van der Waals surface area contributed by atoms with Crippen molar-refractivity contribution in [3.05, 3.63) is 59.2 Å². The largest absolute Gasteiger partial charge is 0.465 e. The van der Waals surface area contributed by atoms with Gasteiger partial charge in [-0.2, -0.15) is 0 Å². The molecule has 0 saturated carbocycles.